The zero-order valence-electron chi connectivity index (χ0n) is 10.2. The monoisotopic (exact) mass is 238 g/mol. The summed E-state index contributed by atoms with van der Waals surface area (Å²) in [5, 5.41) is 2.40. The predicted octanol–water partition coefficient (Wildman–Crippen LogP) is 3.64. The molecule has 0 unspecified atom stereocenters. The number of aromatic nitrogens is 1. The van der Waals surface area contributed by atoms with E-state index >= 15 is 0 Å². The van der Waals surface area contributed by atoms with Crippen LogP contribution in [0.5, 0.6) is 0 Å². The molecule has 0 saturated carbocycles. The Kier molecular flexibility index (Phi) is 2.52. The van der Waals surface area contributed by atoms with Gasteiger partial charge >= 0.3 is 0 Å². The van der Waals surface area contributed by atoms with Crippen LogP contribution >= 0.6 is 0 Å². The van der Waals surface area contributed by atoms with E-state index in [9.17, 15) is 0 Å². The quantitative estimate of drug-likeness (QED) is 0.741. The maximum Gasteiger partial charge on any atom is 0.292 e. The Morgan fingerprint density at radius 1 is 1.11 bits per heavy atom. The highest BCUT2D eigenvalue weighted by Crippen LogP contribution is 2.29. The number of nitrogens with two attached hydrogens (primary N) is 1. The standard InChI is InChI=1S/C15H14N2O/c1-2-13-14(18-15(16)17-13)12-8-7-10-5-3-4-6-11(10)9-12/h3-9H,2H2,1H3,(H2,16,17). The maximum absolute atomic E-state index is 5.63. The molecule has 0 aliphatic carbocycles. The van der Waals surface area contributed by atoms with Crippen molar-refractivity contribution < 1.29 is 4.42 Å². The Bertz CT molecular complexity index is 701. The summed E-state index contributed by atoms with van der Waals surface area (Å²) in [6.07, 6.45) is 0.808. The summed E-state index contributed by atoms with van der Waals surface area (Å²) >= 11 is 0. The summed E-state index contributed by atoms with van der Waals surface area (Å²) in [6.45, 7) is 2.04. The highest BCUT2D eigenvalue weighted by atomic mass is 16.4. The lowest BCUT2D eigenvalue weighted by Gasteiger charge is -2.02. The number of nitrogen functional groups attached to an aromatic ring is 1. The van der Waals surface area contributed by atoms with Gasteiger partial charge in [-0.15, -0.1) is 0 Å². The fourth-order valence-electron chi connectivity index (χ4n) is 2.17. The van der Waals surface area contributed by atoms with E-state index in [2.05, 4.69) is 29.2 Å². The van der Waals surface area contributed by atoms with E-state index in [1.54, 1.807) is 0 Å². The Hall–Kier alpha value is -2.29. The van der Waals surface area contributed by atoms with Crippen LogP contribution in [0, 0.1) is 0 Å². The first kappa shape index (κ1) is 10.8. The van der Waals surface area contributed by atoms with Crippen LogP contribution in [0.3, 0.4) is 0 Å². The number of nitrogens with zero attached hydrogens (tertiary/aromatic N) is 1. The Labute approximate surface area is 105 Å². The smallest absolute Gasteiger partial charge is 0.292 e. The van der Waals surface area contributed by atoms with Crippen molar-refractivity contribution in [1.82, 2.24) is 4.98 Å². The molecule has 2 N–H and O–H groups in total. The van der Waals surface area contributed by atoms with E-state index in [4.69, 9.17) is 10.2 Å². The lowest BCUT2D eigenvalue weighted by Crippen LogP contribution is -1.86. The summed E-state index contributed by atoms with van der Waals surface area (Å²) < 4.78 is 5.51. The maximum atomic E-state index is 5.63. The molecule has 0 radical (unpaired) electrons. The van der Waals surface area contributed by atoms with Crippen molar-refractivity contribution in [2.75, 3.05) is 5.73 Å². The van der Waals surface area contributed by atoms with Crippen LogP contribution in [-0.2, 0) is 6.42 Å². The molecule has 2 aromatic carbocycles. The van der Waals surface area contributed by atoms with Crippen LogP contribution in [0.25, 0.3) is 22.1 Å². The van der Waals surface area contributed by atoms with E-state index in [0.29, 0.717) is 0 Å². The van der Waals surface area contributed by atoms with E-state index in [-0.39, 0.29) is 6.01 Å². The molecule has 90 valence electrons. The van der Waals surface area contributed by atoms with Crippen molar-refractivity contribution >= 4 is 16.8 Å². The molecule has 3 aromatic rings. The number of benzene rings is 2. The molecule has 0 aliphatic heterocycles. The molecule has 0 fully saturated rings. The minimum atomic E-state index is 0.231. The third-order valence-electron chi connectivity index (χ3n) is 3.06. The van der Waals surface area contributed by atoms with Gasteiger partial charge in [-0.3, -0.25) is 0 Å². The summed E-state index contributed by atoms with van der Waals surface area (Å²) in [5.74, 6) is 0.778. The molecule has 1 aromatic heterocycles. The molecule has 0 aliphatic rings. The summed E-state index contributed by atoms with van der Waals surface area (Å²) in [4.78, 5) is 4.20. The third-order valence-corrected chi connectivity index (χ3v) is 3.06. The van der Waals surface area contributed by atoms with Crippen molar-refractivity contribution in [3.8, 4) is 11.3 Å². The van der Waals surface area contributed by atoms with Gasteiger partial charge < -0.3 is 10.2 Å². The van der Waals surface area contributed by atoms with Crippen LogP contribution in [0.1, 0.15) is 12.6 Å². The number of anilines is 1. The van der Waals surface area contributed by atoms with Crippen LogP contribution in [0.15, 0.2) is 46.9 Å². The van der Waals surface area contributed by atoms with E-state index < -0.39 is 0 Å². The zero-order chi connectivity index (χ0) is 12.5. The van der Waals surface area contributed by atoms with Gasteiger partial charge in [0.05, 0.1) is 5.69 Å². The van der Waals surface area contributed by atoms with Crippen molar-refractivity contribution in [3.63, 3.8) is 0 Å². The molecular formula is C15H14N2O. The second-order valence-electron chi connectivity index (χ2n) is 4.24. The van der Waals surface area contributed by atoms with Gasteiger partial charge in [0, 0.05) is 5.56 Å². The fourth-order valence-corrected chi connectivity index (χ4v) is 2.17. The summed E-state index contributed by atoms with van der Waals surface area (Å²) in [5.41, 5.74) is 7.56. The first-order valence-corrected chi connectivity index (χ1v) is 6.02. The lowest BCUT2D eigenvalue weighted by molar-refractivity contribution is 0.593. The first-order valence-electron chi connectivity index (χ1n) is 6.02. The highest BCUT2D eigenvalue weighted by molar-refractivity contribution is 5.86. The molecule has 0 saturated heterocycles. The van der Waals surface area contributed by atoms with Gasteiger partial charge in [-0.1, -0.05) is 43.3 Å². The topological polar surface area (TPSA) is 52.0 Å². The Morgan fingerprint density at radius 3 is 2.67 bits per heavy atom. The summed E-state index contributed by atoms with van der Waals surface area (Å²) in [7, 11) is 0. The molecule has 0 amide bonds. The SMILES string of the molecule is CCc1nc(N)oc1-c1ccc2ccccc2c1. The zero-order valence-corrected chi connectivity index (χ0v) is 10.2. The van der Waals surface area contributed by atoms with Crippen molar-refractivity contribution in [2.24, 2.45) is 0 Å². The average Bonchev–Trinajstić information content (AvgIpc) is 2.79. The molecule has 3 rings (SSSR count). The number of rotatable bonds is 2. The molecule has 3 heteroatoms. The second-order valence-corrected chi connectivity index (χ2v) is 4.24. The number of fused-ring (bicyclic) bond motifs is 1. The summed E-state index contributed by atoms with van der Waals surface area (Å²) in [6, 6.07) is 14.7. The van der Waals surface area contributed by atoms with Gasteiger partial charge in [0.25, 0.3) is 6.01 Å². The third kappa shape index (κ3) is 1.74. The molecule has 0 bridgehead atoms. The Morgan fingerprint density at radius 2 is 1.89 bits per heavy atom. The number of oxazole rings is 1. The van der Waals surface area contributed by atoms with Crippen LogP contribution in [0.4, 0.5) is 6.01 Å². The number of hydrogen-bond acceptors (Lipinski definition) is 3. The largest absolute Gasteiger partial charge is 0.423 e. The molecule has 1 heterocycles. The van der Waals surface area contributed by atoms with E-state index in [1.165, 1.54) is 10.8 Å². The van der Waals surface area contributed by atoms with Gasteiger partial charge in [-0.2, -0.15) is 4.98 Å². The van der Waals surface area contributed by atoms with Crippen LogP contribution < -0.4 is 5.73 Å². The Balaban J connectivity index is 2.18. The van der Waals surface area contributed by atoms with Crippen molar-refractivity contribution in [3.05, 3.63) is 48.2 Å². The highest BCUT2D eigenvalue weighted by Gasteiger charge is 2.12. The minimum Gasteiger partial charge on any atom is -0.423 e. The van der Waals surface area contributed by atoms with Crippen molar-refractivity contribution in [2.45, 2.75) is 13.3 Å². The molecule has 0 atom stereocenters. The molecule has 18 heavy (non-hydrogen) atoms. The molecule has 3 nitrogen and oxygen atoms in total. The van der Waals surface area contributed by atoms with Crippen molar-refractivity contribution in [1.29, 1.82) is 0 Å². The van der Waals surface area contributed by atoms with E-state index in [0.717, 1.165) is 23.4 Å². The second kappa shape index (κ2) is 4.18. The van der Waals surface area contributed by atoms with Crippen LogP contribution in [-0.4, -0.2) is 4.98 Å². The van der Waals surface area contributed by atoms with Gasteiger partial charge in [0.2, 0.25) is 0 Å². The molecule has 0 spiro atoms. The van der Waals surface area contributed by atoms with Gasteiger partial charge in [0.1, 0.15) is 0 Å². The van der Waals surface area contributed by atoms with Gasteiger partial charge in [0.15, 0.2) is 5.76 Å². The normalized spacial score (nSPS) is 10.9. The minimum absolute atomic E-state index is 0.231. The number of hydrogen-bond donors (Lipinski definition) is 1. The molecular weight excluding hydrogens is 224 g/mol. The number of aryl methyl sites for hydroxylation is 1. The van der Waals surface area contributed by atoms with E-state index in [1.807, 2.05) is 25.1 Å². The first-order chi connectivity index (χ1) is 8.78. The van der Waals surface area contributed by atoms with Crippen LogP contribution in [0.2, 0.25) is 0 Å². The lowest BCUT2D eigenvalue weighted by atomic mass is 10.0. The fraction of sp³-hybridized carbons (Fsp3) is 0.133. The predicted molar refractivity (Wildman–Crippen MR) is 73.2 cm³/mol. The van der Waals surface area contributed by atoms with Gasteiger partial charge in [-0.05, 0) is 23.3 Å². The average molecular weight is 238 g/mol. The van der Waals surface area contributed by atoms with Gasteiger partial charge in [-0.25, -0.2) is 0 Å².